The second-order valence-corrected chi connectivity index (χ2v) is 4.03. The fourth-order valence-corrected chi connectivity index (χ4v) is 1.75. The Morgan fingerprint density at radius 1 is 1.38 bits per heavy atom. The summed E-state index contributed by atoms with van der Waals surface area (Å²) in [5.41, 5.74) is 1.46. The summed E-state index contributed by atoms with van der Waals surface area (Å²) < 4.78 is 1.74. The van der Waals surface area contributed by atoms with Gasteiger partial charge in [-0.25, -0.2) is 0 Å². The minimum Gasteiger partial charge on any atom is -0.369 e. The Bertz CT molecular complexity index is 373. The molecule has 1 aromatic heterocycles. The number of nitrogens with zero attached hydrogens (tertiary/aromatic N) is 3. The molecule has 4 nitrogen and oxygen atoms in total. The van der Waals surface area contributed by atoms with Crippen molar-refractivity contribution in [2.45, 2.75) is 39.5 Å². The van der Waals surface area contributed by atoms with Crippen molar-refractivity contribution in [1.29, 1.82) is 5.26 Å². The number of nitriles is 1. The first-order chi connectivity index (χ1) is 7.70. The number of nitrogens with one attached hydrogen (secondary N) is 1. The first-order valence-corrected chi connectivity index (χ1v) is 5.88. The van der Waals surface area contributed by atoms with Gasteiger partial charge in [-0.3, -0.25) is 4.68 Å². The van der Waals surface area contributed by atoms with Gasteiger partial charge in [-0.15, -0.1) is 0 Å². The Balaban J connectivity index is 2.51. The third-order valence-corrected chi connectivity index (χ3v) is 2.66. The van der Waals surface area contributed by atoms with Gasteiger partial charge in [0.05, 0.1) is 5.69 Å². The van der Waals surface area contributed by atoms with Crippen LogP contribution in [0.15, 0.2) is 0 Å². The predicted octanol–water partition coefficient (Wildman–Crippen LogP) is 2.59. The molecule has 0 saturated heterocycles. The third kappa shape index (κ3) is 2.99. The molecule has 0 radical (unpaired) electrons. The molecule has 1 N–H and O–H groups in total. The average molecular weight is 220 g/mol. The number of hydrogen-bond acceptors (Lipinski definition) is 3. The molecule has 0 unspecified atom stereocenters. The third-order valence-electron chi connectivity index (χ3n) is 2.66. The lowest BCUT2D eigenvalue weighted by Gasteiger charge is -2.06. The highest BCUT2D eigenvalue weighted by molar-refractivity contribution is 5.54. The summed E-state index contributed by atoms with van der Waals surface area (Å²) in [5.74, 6) is 0.844. The van der Waals surface area contributed by atoms with Crippen LogP contribution >= 0.6 is 0 Å². The van der Waals surface area contributed by atoms with Crippen molar-refractivity contribution < 1.29 is 0 Å². The SMILES string of the molecule is CCCCCCNc1c(C#N)c(C)nn1C. The van der Waals surface area contributed by atoms with Crippen molar-refractivity contribution in [3.63, 3.8) is 0 Å². The number of unbranched alkanes of at least 4 members (excludes halogenated alkanes) is 3. The minimum absolute atomic E-state index is 0.665. The molecule has 0 bridgehead atoms. The van der Waals surface area contributed by atoms with Crippen molar-refractivity contribution in [3.8, 4) is 6.07 Å². The lowest BCUT2D eigenvalue weighted by Crippen LogP contribution is -2.07. The van der Waals surface area contributed by atoms with E-state index < -0.39 is 0 Å². The average Bonchev–Trinajstić information content (AvgIpc) is 2.53. The molecular formula is C12H20N4. The van der Waals surface area contributed by atoms with E-state index in [2.05, 4.69) is 23.4 Å². The van der Waals surface area contributed by atoms with Crippen LogP contribution in [-0.4, -0.2) is 16.3 Å². The molecule has 16 heavy (non-hydrogen) atoms. The quantitative estimate of drug-likeness (QED) is 0.750. The maximum atomic E-state index is 9.01. The molecule has 0 saturated carbocycles. The molecule has 0 atom stereocenters. The topological polar surface area (TPSA) is 53.6 Å². The highest BCUT2D eigenvalue weighted by Gasteiger charge is 2.11. The van der Waals surface area contributed by atoms with Gasteiger partial charge in [0.1, 0.15) is 17.5 Å². The van der Waals surface area contributed by atoms with Gasteiger partial charge < -0.3 is 5.32 Å². The van der Waals surface area contributed by atoms with Crippen LogP contribution in [0.3, 0.4) is 0 Å². The molecule has 0 fully saturated rings. The van der Waals surface area contributed by atoms with E-state index in [-0.39, 0.29) is 0 Å². The molecule has 0 spiro atoms. The zero-order valence-electron chi connectivity index (χ0n) is 10.4. The molecule has 88 valence electrons. The molecule has 0 aromatic carbocycles. The second kappa shape index (κ2) is 6.16. The maximum Gasteiger partial charge on any atom is 0.142 e. The largest absolute Gasteiger partial charge is 0.369 e. The molecule has 1 heterocycles. The molecule has 4 heteroatoms. The van der Waals surface area contributed by atoms with Crippen molar-refractivity contribution in [1.82, 2.24) is 9.78 Å². The Labute approximate surface area is 97.3 Å². The summed E-state index contributed by atoms with van der Waals surface area (Å²) in [7, 11) is 1.86. The zero-order valence-corrected chi connectivity index (χ0v) is 10.4. The Hall–Kier alpha value is -1.50. The molecule has 0 amide bonds. The number of aryl methyl sites for hydroxylation is 2. The van der Waals surface area contributed by atoms with E-state index in [1.807, 2.05) is 14.0 Å². The summed E-state index contributed by atoms with van der Waals surface area (Å²) in [6, 6.07) is 2.19. The number of rotatable bonds is 6. The van der Waals surface area contributed by atoms with E-state index >= 15 is 0 Å². The smallest absolute Gasteiger partial charge is 0.142 e. The van der Waals surface area contributed by atoms with Crippen LogP contribution in [-0.2, 0) is 7.05 Å². The van der Waals surface area contributed by atoms with Crippen LogP contribution in [0.25, 0.3) is 0 Å². The van der Waals surface area contributed by atoms with E-state index in [1.54, 1.807) is 4.68 Å². The first kappa shape index (κ1) is 12.6. The monoisotopic (exact) mass is 220 g/mol. The summed E-state index contributed by atoms with van der Waals surface area (Å²) in [6.45, 7) is 4.97. The zero-order chi connectivity index (χ0) is 12.0. The minimum atomic E-state index is 0.665. The number of anilines is 1. The number of hydrogen-bond donors (Lipinski definition) is 1. The van der Waals surface area contributed by atoms with Crippen LogP contribution in [0, 0.1) is 18.3 Å². The highest BCUT2D eigenvalue weighted by atomic mass is 15.3. The summed E-state index contributed by atoms with van der Waals surface area (Å²) >= 11 is 0. The lowest BCUT2D eigenvalue weighted by atomic mass is 10.2. The van der Waals surface area contributed by atoms with Gasteiger partial charge in [0.15, 0.2) is 0 Å². The molecule has 0 aliphatic carbocycles. The van der Waals surface area contributed by atoms with Crippen LogP contribution in [0.1, 0.15) is 43.9 Å². The molecule has 1 aromatic rings. The Kier molecular flexibility index (Phi) is 4.84. The normalized spacial score (nSPS) is 10.1. The van der Waals surface area contributed by atoms with Gasteiger partial charge in [-0.2, -0.15) is 10.4 Å². The van der Waals surface area contributed by atoms with Crippen LogP contribution in [0.2, 0.25) is 0 Å². The van der Waals surface area contributed by atoms with Gasteiger partial charge >= 0.3 is 0 Å². The van der Waals surface area contributed by atoms with E-state index in [1.165, 1.54) is 19.3 Å². The van der Waals surface area contributed by atoms with Crippen LogP contribution in [0.5, 0.6) is 0 Å². The van der Waals surface area contributed by atoms with Crippen molar-refractivity contribution >= 4 is 5.82 Å². The Morgan fingerprint density at radius 2 is 2.12 bits per heavy atom. The first-order valence-electron chi connectivity index (χ1n) is 5.88. The maximum absolute atomic E-state index is 9.01. The molecule has 0 aliphatic rings. The highest BCUT2D eigenvalue weighted by Crippen LogP contribution is 2.17. The second-order valence-electron chi connectivity index (χ2n) is 4.03. The van der Waals surface area contributed by atoms with Crippen LogP contribution in [0.4, 0.5) is 5.82 Å². The van der Waals surface area contributed by atoms with Crippen molar-refractivity contribution in [2.24, 2.45) is 7.05 Å². The van der Waals surface area contributed by atoms with Gasteiger partial charge in [0.25, 0.3) is 0 Å². The fraction of sp³-hybridized carbons (Fsp3) is 0.667. The summed E-state index contributed by atoms with van der Waals surface area (Å²) in [6.07, 6.45) is 4.90. The van der Waals surface area contributed by atoms with Gasteiger partial charge in [0, 0.05) is 13.6 Å². The molecular weight excluding hydrogens is 200 g/mol. The van der Waals surface area contributed by atoms with Gasteiger partial charge in [-0.05, 0) is 13.3 Å². The number of aromatic nitrogens is 2. The van der Waals surface area contributed by atoms with E-state index in [0.717, 1.165) is 24.5 Å². The lowest BCUT2D eigenvalue weighted by molar-refractivity contribution is 0.679. The van der Waals surface area contributed by atoms with Crippen molar-refractivity contribution in [3.05, 3.63) is 11.3 Å². The van der Waals surface area contributed by atoms with Crippen molar-refractivity contribution in [2.75, 3.05) is 11.9 Å². The predicted molar refractivity (Wildman–Crippen MR) is 65.3 cm³/mol. The molecule has 1 rings (SSSR count). The summed E-state index contributed by atoms with van der Waals surface area (Å²) in [5, 5.41) is 16.5. The van der Waals surface area contributed by atoms with E-state index in [0.29, 0.717) is 5.56 Å². The fourth-order valence-electron chi connectivity index (χ4n) is 1.75. The summed E-state index contributed by atoms with van der Waals surface area (Å²) in [4.78, 5) is 0. The Morgan fingerprint density at radius 3 is 2.75 bits per heavy atom. The van der Waals surface area contributed by atoms with Crippen LogP contribution < -0.4 is 5.32 Å². The molecule has 0 aliphatic heterocycles. The van der Waals surface area contributed by atoms with Gasteiger partial charge in [0.2, 0.25) is 0 Å². The standard InChI is InChI=1S/C12H20N4/c1-4-5-6-7-8-14-12-11(9-13)10(2)15-16(12)3/h14H,4-8H2,1-3H3. The van der Waals surface area contributed by atoms with E-state index in [4.69, 9.17) is 5.26 Å². The van der Waals surface area contributed by atoms with Gasteiger partial charge in [-0.1, -0.05) is 26.2 Å². The van der Waals surface area contributed by atoms with E-state index in [9.17, 15) is 0 Å².